The first-order valence-corrected chi connectivity index (χ1v) is 7.12. The molecule has 1 fully saturated rings. The lowest BCUT2D eigenvalue weighted by Crippen LogP contribution is -2.55. The number of piperazine rings is 1. The smallest absolute Gasteiger partial charge is 0.307 e. The van der Waals surface area contributed by atoms with Crippen LogP contribution in [-0.4, -0.2) is 42.5 Å². The van der Waals surface area contributed by atoms with Crippen molar-refractivity contribution in [3.8, 4) is 0 Å². The highest BCUT2D eigenvalue weighted by molar-refractivity contribution is 5.87. The minimum absolute atomic E-state index is 0.0661. The van der Waals surface area contributed by atoms with Gasteiger partial charge >= 0.3 is 5.97 Å². The number of nitrogens with zero attached hydrogens (tertiary/aromatic N) is 1. The van der Waals surface area contributed by atoms with Gasteiger partial charge in [-0.05, 0) is 24.6 Å². The summed E-state index contributed by atoms with van der Waals surface area (Å²) in [7, 11) is 0. The van der Waals surface area contributed by atoms with Crippen LogP contribution in [0.25, 0.3) is 0 Å². The standard InChI is InChI=1S/C15H18F2N2O3/c1-2-22-14(20)8-13-15(21)18-5-6-19(13)9-10-3-4-11(16)12(17)7-10/h3-4,7,13H,2,5-6,8-9H2,1H3,(H,18,21). The minimum atomic E-state index is -0.930. The fraction of sp³-hybridized carbons (Fsp3) is 0.467. The Bertz CT molecular complexity index is 566. The number of esters is 1. The molecule has 1 aliphatic rings. The lowest BCUT2D eigenvalue weighted by molar-refractivity contribution is -0.148. The molecule has 1 N–H and O–H groups in total. The quantitative estimate of drug-likeness (QED) is 0.831. The molecule has 120 valence electrons. The summed E-state index contributed by atoms with van der Waals surface area (Å²) in [5.74, 6) is -2.56. The van der Waals surface area contributed by atoms with Gasteiger partial charge in [0.1, 0.15) is 6.04 Å². The lowest BCUT2D eigenvalue weighted by atomic mass is 10.1. The first-order valence-electron chi connectivity index (χ1n) is 7.12. The highest BCUT2D eigenvalue weighted by Crippen LogP contribution is 2.16. The summed E-state index contributed by atoms with van der Waals surface area (Å²) in [5, 5.41) is 2.69. The fourth-order valence-corrected chi connectivity index (χ4v) is 2.42. The molecule has 1 aromatic carbocycles. The highest BCUT2D eigenvalue weighted by Gasteiger charge is 2.32. The Morgan fingerprint density at radius 1 is 1.41 bits per heavy atom. The number of carbonyl (C=O) groups excluding carboxylic acids is 2. The summed E-state index contributed by atoms with van der Waals surface area (Å²) >= 11 is 0. The molecule has 1 heterocycles. The van der Waals surface area contributed by atoms with Crippen molar-refractivity contribution < 1.29 is 23.1 Å². The number of benzene rings is 1. The zero-order valence-electron chi connectivity index (χ0n) is 12.3. The van der Waals surface area contributed by atoms with E-state index in [1.807, 2.05) is 0 Å². The third kappa shape index (κ3) is 4.00. The monoisotopic (exact) mass is 312 g/mol. The van der Waals surface area contributed by atoms with Crippen molar-refractivity contribution in [2.75, 3.05) is 19.7 Å². The van der Waals surface area contributed by atoms with Crippen LogP contribution in [0.3, 0.4) is 0 Å². The SMILES string of the molecule is CCOC(=O)CC1C(=O)NCCN1Cc1ccc(F)c(F)c1. The Morgan fingerprint density at radius 3 is 2.86 bits per heavy atom. The van der Waals surface area contributed by atoms with Crippen LogP contribution in [-0.2, 0) is 20.9 Å². The van der Waals surface area contributed by atoms with Crippen molar-refractivity contribution in [2.45, 2.75) is 25.9 Å². The van der Waals surface area contributed by atoms with Gasteiger partial charge in [-0.25, -0.2) is 8.78 Å². The number of rotatable bonds is 5. The number of carbonyl (C=O) groups is 2. The Labute approximate surface area is 127 Å². The maximum Gasteiger partial charge on any atom is 0.307 e. The van der Waals surface area contributed by atoms with Gasteiger partial charge in [-0.15, -0.1) is 0 Å². The summed E-state index contributed by atoms with van der Waals surface area (Å²) in [5.41, 5.74) is 0.544. The van der Waals surface area contributed by atoms with Gasteiger partial charge in [-0.1, -0.05) is 6.07 Å². The number of ether oxygens (including phenoxy) is 1. The first-order chi connectivity index (χ1) is 10.5. The molecule has 1 atom stereocenters. The molecule has 1 saturated heterocycles. The predicted molar refractivity (Wildman–Crippen MR) is 74.8 cm³/mol. The molecule has 22 heavy (non-hydrogen) atoms. The first kappa shape index (κ1) is 16.4. The Kier molecular flexibility index (Phi) is 5.43. The van der Waals surface area contributed by atoms with Gasteiger partial charge in [-0.3, -0.25) is 14.5 Å². The van der Waals surface area contributed by atoms with Crippen LogP contribution in [0, 0.1) is 11.6 Å². The van der Waals surface area contributed by atoms with Gasteiger partial charge in [-0.2, -0.15) is 0 Å². The molecule has 0 aliphatic carbocycles. The zero-order chi connectivity index (χ0) is 16.1. The van der Waals surface area contributed by atoms with Crippen LogP contribution in [0.15, 0.2) is 18.2 Å². The number of halogens is 2. The van der Waals surface area contributed by atoms with E-state index in [2.05, 4.69) is 5.32 Å². The van der Waals surface area contributed by atoms with Gasteiger partial charge in [0, 0.05) is 19.6 Å². The normalized spacial score (nSPS) is 18.9. The Hall–Kier alpha value is -2.02. The van der Waals surface area contributed by atoms with Gasteiger partial charge in [0.15, 0.2) is 11.6 Å². The summed E-state index contributed by atoms with van der Waals surface area (Å²) in [6.45, 7) is 3.17. The van der Waals surface area contributed by atoms with Gasteiger partial charge in [0.2, 0.25) is 5.91 Å². The van der Waals surface area contributed by atoms with E-state index in [1.54, 1.807) is 11.8 Å². The van der Waals surface area contributed by atoms with E-state index >= 15 is 0 Å². The van der Waals surface area contributed by atoms with Crippen LogP contribution < -0.4 is 5.32 Å². The third-order valence-corrected chi connectivity index (χ3v) is 3.48. The molecule has 5 nitrogen and oxygen atoms in total. The molecule has 7 heteroatoms. The fourth-order valence-electron chi connectivity index (χ4n) is 2.42. The highest BCUT2D eigenvalue weighted by atomic mass is 19.2. The number of amides is 1. The van der Waals surface area contributed by atoms with Crippen molar-refractivity contribution in [3.63, 3.8) is 0 Å². The molecular formula is C15H18F2N2O3. The molecule has 1 unspecified atom stereocenters. The maximum absolute atomic E-state index is 13.3. The van der Waals surface area contributed by atoms with Crippen LogP contribution in [0.4, 0.5) is 8.78 Å². The molecule has 0 bridgehead atoms. The Balaban J connectivity index is 2.09. The third-order valence-electron chi connectivity index (χ3n) is 3.48. The topological polar surface area (TPSA) is 58.6 Å². The van der Waals surface area contributed by atoms with E-state index in [4.69, 9.17) is 4.74 Å². The van der Waals surface area contributed by atoms with Crippen molar-refractivity contribution in [2.24, 2.45) is 0 Å². The number of nitrogens with one attached hydrogen (secondary N) is 1. The average Bonchev–Trinajstić information content (AvgIpc) is 2.47. The maximum atomic E-state index is 13.3. The van der Waals surface area contributed by atoms with E-state index in [9.17, 15) is 18.4 Å². The summed E-state index contributed by atoms with van der Waals surface area (Å²) in [6, 6.07) is 2.95. The summed E-state index contributed by atoms with van der Waals surface area (Å²) < 4.78 is 31.1. The lowest BCUT2D eigenvalue weighted by Gasteiger charge is -2.34. The number of hydrogen-bond donors (Lipinski definition) is 1. The van der Waals surface area contributed by atoms with E-state index in [-0.39, 0.29) is 25.5 Å². The molecule has 0 spiro atoms. The van der Waals surface area contributed by atoms with E-state index in [0.717, 1.165) is 12.1 Å². The van der Waals surface area contributed by atoms with Crippen LogP contribution in [0.1, 0.15) is 18.9 Å². The van der Waals surface area contributed by atoms with Crippen LogP contribution >= 0.6 is 0 Å². The van der Waals surface area contributed by atoms with E-state index < -0.39 is 23.6 Å². The summed E-state index contributed by atoms with van der Waals surface area (Å²) in [4.78, 5) is 25.3. The summed E-state index contributed by atoms with van der Waals surface area (Å²) in [6.07, 6.45) is -0.0661. The molecule has 1 aliphatic heterocycles. The molecule has 0 aromatic heterocycles. The van der Waals surface area contributed by atoms with Crippen molar-refractivity contribution >= 4 is 11.9 Å². The molecule has 1 amide bonds. The largest absolute Gasteiger partial charge is 0.466 e. The predicted octanol–water partition coefficient (Wildman–Crippen LogP) is 1.22. The average molecular weight is 312 g/mol. The van der Waals surface area contributed by atoms with Gasteiger partial charge < -0.3 is 10.1 Å². The molecule has 0 radical (unpaired) electrons. The van der Waals surface area contributed by atoms with Crippen LogP contribution in [0.2, 0.25) is 0 Å². The number of hydrogen-bond acceptors (Lipinski definition) is 4. The second-order valence-corrected chi connectivity index (χ2v) is 5.03. The van der Waals surface area contributed by atoms with E-state index in [1.165, 1.54) is 6.07 Å². The second kappa shape index (κ2) is 7.31. The van der Waals surface area contributed by atoms with Gasteiger partial charge in [0.25, 0.3) is 0 Å². The van der Waals surface area contributed by atoms with Crippen molar-refractivity contribution in [1.82, 2.24) is 10.2 Å². The van der Waals surface area contributed by atoms with Crippen molar-refractivity contribution in [3.05, 3.63) is 35.4 Å². The molecular weight excluding hydrogens is 294 g/mol. The van der Waals surface area contributed by atoms with Crippen molar-refractivity contribution in [1.29, 1.82) is 0 Å². The van der Waals surface area contributed by atoms with Crippen LogP contribution in [0.5, 0.6) is 0 Å². The van der Waals surface area contributed by atoms with Gasteiger partial charge in [0.05, 0.1) is 13.0 Å². The molecule has 2 rings (SSSR count). The second-order valence-electron chi connectivity index (χ2n) is 5.03. The minimum Gasteiger partial charge on any atom is -0.466 e. The Morgan fingerprint density at radius 2 is 2.18 bits per heavy atom. The molecule has 0 saturated carbocycles. The zero-order valence-corrected chi connectivity index (χ0v) is 12.3. The molecule has 1 aromatic rings. The van der Waals surface area contributed by atoms with E-state index in [0.29, 0.717) is 18.7 Å².